The SMILES string of the molecule is Cc1cccc2c(-c3ccccc3)c3n(c12)C(=O)[C@@](C)(CC(F)(F)F)c1ccccc1-3. The molecule has 2 nitrogen and oxygen atoms in total. The van der Waals surface area contributed by atoms with Gasteiger partial charge in [0.2, 0.25) is 5.91 Å². The molecular weight excluding hydrogens is 399 g/mol. The van der Waals surface area contributed by atoms with Gasteiger partial charge in [-0.05, 0) is 30.5 Å². The van der Waals surface area contributed by atoms with Crippen molar-refractivity contribution in [1.29, 1.82) is 0 Å². The Morgan fingerprint density at radius 2 is 1.58 bits per heavy atom. The molecule has 31 heavy (non-hydrogen) atoms. The van der Waals surface area contributed by atoms with Crippen molar-refractivity contribution in [2.75, 3.05) is 0 Å². The number of para-hydroxylation sites is 1. The predicted molar refractivity (Wildman–Crippen MR) is 116 cm³/mol. The number of benzene rings is 3. The van der Waals surface area contributed by atoms with Gasteiger partial charge in [0.1, 0.15) is 0 Å². The topological polar surface area (TPSA) is 22.0 Å². The molecule has 5 rings (SSSR count). The number of carbonyl (C=O) groups excluding carboxylic acids is 1. The van der Waals surface area contributed by atoms with E-state index in [1.165, 1.54) is 11.5 Å². The first-order chi connectivity index (χ1) is 14.7. The summed E-state index contributed by atoms with van der Waals surface area (Å²) in [5.41, 5.74) is 3.36. The van der Waals surface area contributed by atoms with Crippen LogP contribution in [0.3, 0.4) is 0 Å². The summed E-state index contributed by atoms with van der Waals surface area (Å²) in [6.07, 6.45) is -5.68. The molecule has 1 aliphatic rings. The smallest absolute Gasteiger partial charge is 0.278 e. The van der Waals surface area contributed by atoms with Crippen molar-refractivity contribution in [3.63, 3.8) is 0 Å². The number of alkyl halides is 3. The molecule has 2 heterocycles. The van der Waals surface area contributed by atoms with Crippen molar-refractivity contribution in [2.24, 2.45) is 0 Å². The molecule has 0 saturated carbocycles. The average Bonchev–Trinajstić information content (AvgIpc) is 3.08. The number of carbonyl (C=O) groups is 1. The molecule has 0 aliphatic carbocycles. The van der Waals surface area contributed by atoms with E-state index in [-0.39, 0.29) is 0 Å². The maximum Gasteiger partial charge on any atom is 0.390 e. The van der Waals surface area contributed by atoms with Crippen LogP contribution >= 0.6 is 0 Å². The highest BCUT2D eigenvalue weighted by molar-refractivity contribution is 6.15. The standard InChI is InChI=1S/C26H20F3NO/c1-16-9-8-13-19-21(17-10-4-3-5-11-17)23-18-12-6-7-14-20(18)25(2,15-26(27,28)29)24(31)30(23)22(16)19/h3-14H,15H2,1-2H3/t25-/m0/s1. The summed E-state index contributed by atoms with van der Waals surface area (Å²) in [7, 11) is 0. The number of rotatable bonds is 2. The van der Waals surface area contributed by atoms with Crippen LogP contribution in [0.4, 0.5) is 13.2 Å². The number of fused-ring (bicyclic) bond motifs is 5. The Labute approximate surface area is 177 Å². The molecule has 0 unspecified atom stereocenters. The molecule has 156 valence electrons. The van der Waals surface area contributed by atoms with E-state index in [2.05, 4.69) is 0 Å². The minimum Gasteiger partial charge on any atom is -0.278 e. The van der Waals surface area contributed by atoms with Crippen molar-refractivity contribution in [3.05, 3.63) is 83.9 Å². The summed E-state index contributed by atoms with van der Waals surface area (Å²) < 4.78 is 42.4. The van der Waals surface area contributed by atoms with Gasteiger partial charge in [-0.15, -0.1) is 0 Å². The lowest BCUT2D eigenvalue weighted by Gasteiger charge is -2.36. The zero-order valence-corrected chi connectivity index (χ0v) is 17.1. The molecule has 0 N–H and O–H groups in total. The average molecular weight is 419 g/mol. The predicted octanol–water partition coefficient (Wildman–Crippen LogP) is 7.15. The Hall–Kier alpha value is -3.34. The largest absolute Gasteiger partial charge is 0.390 e. The molecule has 1 aliphatic heterocycles. The van der Waals surface area contributed by atoms with Gasteiger partial charge < -0.3 is 0 Å². The lowest BCUT2D eigenvalue weighted by molar-refractivity contribution is -0.144. The number of aromatic nitrogens is 1. The summed E-state index contributed by atoms with van der Waals surface area (Å²) >= 11 is 0. The molecule has 0 radical (unpaired) electrons. The maximum atomic E-state index is 13.9. The summed E-state index contributed by atoms with van der Waals surface area (Å²) in [5.74, 6) is -0.542. The van der Waals surface area contributed by atoms with Crippen LogP contribution in [0.5, 0.6) is 0 Å². The first-order valence-corrected chi connectivity index (χ1v) is 10.1. The van der Waals surface area contributed by atoms with Crippen LogP contribution < -0.4 is 0 Å². The van der Waals surface area contributed by atoms with Gasteiger partial charge in [0, 0.05) is 16.5 Å². The number of halogens is 3. The second kappa shape index (κ2) is 6.58. The van der Waals surface area contributed by atoms with Crippen LogP contribution in [0.1, 0.15) is 29.3 Å². The third-order valence-electron chi connectivity index (χ3n) is 6.26. The molecule has 5 heteroatoms. The number of nitrogens with zero attached hydrogens (tertiary/aromatic N) is 1. The highest BCUT2D eigenvalue weighted by Gasteiger charge is 2.50. The van der Waals surface area contributed by atoms with E-state index in [9.17, 15) is 18.0 Å². The van der Waals surface area contributed by atoms with E-state index in [1.54, 1.807) is 12.1 Å². The lowest BCUT2D eigenvalue weighted by Crippen LogP contribution is -2.43. The normalized spacial score (nSPS) is 18.2. The van der Waals surface area contributed by atoms with Gasteiger partial charge in [0.25, 0.3) is 0 Å². The van der Waals surface area contributed by atoms with Gasteiger partial charge in [0.15, 0.2) is 0 Å². The molecule has 0 bridgehead atoms. The van der Waals surface area contributed by atoms with Crippen molar-refractivity contribution in [1.82, 2.24) is 4.57 Å². The summed E-state index contributed by atoms with van der Waals surface area (Å²) in [4.78, 5) is 13.9. The van der Waals surface area contributed by atoms with E-state index >= 15 is 0 Å². The Balaban J connectivity index is 1.96. The summed E-state index contributed by atoms with van der Waals surface area (Å²) in [5, 5.41) is 0.862. The fourth-order valence-corrected chi connectivity index (χ4v) is 4.97. The van der Waals surface area contributed by atoms with E-state index in [0.717, 1.165) is 22.1 Å². The number of hydrogen-bond donors (Lipinski definition) is 0. The fourth-order valence-electron chi connectivity index (χ4n) is 4.97. The van der Waals surface area contributed by atoms with E-state index in [1.807, 2.05) is 67.6 Å². The van der Waals surface area contributed by atoms with Crippen molar-refractivity contribution < 1.29 is 18.0 Å². The Kier molecular flexibility index (Phi) is 4.16. The molecule has 0 amide bonds. The van der Waals surface area contributed by atoms with Crippen LogP contribution in [-0.2, 0) is 5.41 Å². The van der Waals surface area contributed by atoms with Gasteiger partial charge in [-0.3, -0.25) is 9.36 Å². The Bertz CT molecular complexity index is 1330. The van der Waals surface area contributed by atoms with Gasteiger partial charge in [-0.25, -0.2) is 0 Å². The molecular formula is C26H20F3NO. The molecule has 0 fully saturated rings. The third kappa shape index (κ3) is 2.83. The first-order valence-electron chi connectivity index (χ1n) is 10.1. The van der Waals surface area contributed by atoms with E-state index in [0.29, 0.717) is 22.3 Å². The molecule has 4 aromatic rings. The van der Waals surface area contributed by atoms with E-state index < -0.39 is 23.9 Å². The highest BCUT2D eigenvalue weighted by Crippen LogP contribution is 2.51. The zero-order chi connectivity index (χ0) is 22.0. The van der Waals surface area contributed by atoms with Gasteiger partial charge in [-0.1, -0.05) is 72.8 Å². The molecule has 3 aromatic carbocycles. The third-order valence-corrected chi connectivity index (χ3v) is 6.26. The van der Waals surface area contributed by atoms with E-state index in [4.69, 9.17) is 0 Å². The molecule has 0 saturated heterocycles. The first kappa shape index (κ1) is 19.6. The number of hydrogen-bond acceptors (Lipinski definition) is 1. The lowest BCUT2D eigenvalue weighted by atomic mass is 9.73. The van der Waals surface area contributed by atoms with Crippen LogP contribution in [0.15, 0.2) is 72.8 Å². The van der Waals surface area contributed by atoms with Gasteiger partial charge in [0.05, 0.1) is 23.0 Å². The second-order valence-corrected chi connectivity index (χ2v) is 8.37. The quantitative estimate of drug-likeness (QED) is 0.338. The molecule has 1 atom stereocenters. The monoisotopic (exact) mass is 419 g/mol. The van der Waals surface area contributed by atoms with Crippen molar-refractivity contribution in [2.45, 2.75) is 31.9 Å². The highest BCUT2D eigenvalue weighted by atomic mass is 19.4. The van der Waals surface area contributed by atoms with Crippen LogP contribution in [0.2, 0.25) is 0 Å². The van der Waals surface area contributed by atoms with Crippen LogP contribution in [0.25, 0.3) is 33.3 Å². The summed E-state index contributed by atoms with van der Waals surface area (Å²) in [6, 6.07) is 22.4. The molecule has 0 spiro atoms. The minimum absolute atomic E-state index is 0.419. The maximum absolute atomic E-state index is 13.9. The summed E-state index contributed by atoms with van der Waals surface area (Å²) in [6.45, 7) is 3.30. The fraction of sp³-hybridized carbons (Fsp3) is 0.192. The van der Waals surface area contributed by atoms with Crippen molar-refractivity contribution >= 4 is 16.8 Å². The van der Waals surface area contributed by atoms with Gasteiger partial charge >= 0.3 is 6.18 Å². The second-order valence-electron chi connectivity index (χ2n) is 8.37. The number of aryl methyl sites for hydroxylation is 1. The Morgan fingerprint density at radius 3 is 2.29 bits per heavy atom. The molecule has 1 aromatic heterocycles. The van der Waals surface area contributed by atoms with Gasteiger partial charge in [-0.2, -0.15) is 13.2 Å². The van der Waals surface area contributed by atoms with Crippen molar-refractivity contribution in [3.8, 4) is 22.4 Å². The van der Waals surface area contributed by atoms with Crippen LogP contribution in [0, 0.1) is 6.92 Å². The zero-order valence-electron chi connectivity index (χ0n) is 17.1. The Morgan fingerprint density at radius 1 is 0.903 bits per heavy atom. The van der Waals surface area contributed by atoms with Crippen LogP contribution in [-0.4, -0.2) is 16.7 Å². The minimum atomic E-state index is -4.48.